The summed E-state index contributed by atoms with van der Waals surface area (Å²) in [6.45, 7) is 8.40. The highest BCUT2D eigenvalue weighted by atomic mass is 16.3. The zero-order chi connectivity index (χ0) is 16.0. The molecule has 0 aliphatic heterocycles. The number of hydrogen-bond acceptors (Lipinski definition) is 2. The van der Waals surface area contributed by atoms with Crippen LogP contribution >= 0.6 is 0 Å². The predicted octanol–water partition coefficient (Wildman–Crippen LogP) is 3.44. The molecule has 126 valence electrons. The summed E-state index contributed by atoms with van der Waals surface area (Å²) in [5.74, 6) is 0.549. The van der Waals surface area contributed by atoms with E-state index in [1.807, 2.05) is 0 Å². The summed E-state index contributed by atoms with van der Waals surface area (Å²) in [6.07, 6.45) is 10.6. The quantitative estimate of drug-likeness (QED) is 0.277. The minimum atomic E-state index is 0.0984. The fourth-order valence-electron chi connectivity index (χ4n) is 2.57. The number of nitrogens with two attached hydrogens (primary N) is 1. The first kappa shape index (κ1) is 20.2. The molecule has 0 aromatic carbocycles. The minimum Gasteiger partial charge on any atom is -0.396 e. The average Bonchev–Trinajstić information content (AvgIpc) is 2.50. The van der Waals surface area contributed by atoms with Crippen molar-refractivity contribution in [3.8, 4) is 0 Å². The lowest BCUT2D eigenvalue weighted by atomic mass is 9.79. The standard InChI is InChI=1S/C17H37N3O/c1-4-7-8-9-10-11-13-19-16(18)20-15-17(5-2,6-3)12-14-21/h21H,4-15H2,1-3H3,(H3,18,19,20). The first-order chi connectivity index (χ1) is 10.1. The molecule has 0 saturated heterocycles. The van der Waals surface area contributed by atoms with Crippen molar-refractivity contribution in [2.75, 3.05) is 19.7 Å². The summed E-state index contributed by atoms with van der Waals surface area (Å²) in [6, 6.07) is 0. The van der Waals surface area contributed by atoms with Gasteiger partial charge in [-0.1, -0.05) is 52.9 Å². The molecular weight excluding hydrogens is 262 g/mol. The van der Waals surface area contributed by atoms with Crippen LogP contribution in [0.1, 0.15) is 78.6 Å². The number of nitrogens with zero attached hydrogens (tertiary/aromatic N) is 1. The van der Waals surface area contributed by atoms with Crippen LogP contribution in [0.25, 0.3) is 0 Å². The van der Waals surface area contributed by atoms with Gasteiger partial charge in [0.05, 0.1) is 0 Å². The lowest BCUT2D eigenvalue weighted by Gasteiger charge is -2.29. The molecule has 0 bridgehead atoms. The molecule has 4 heteroatoms. The third kappa shape index (κ3) is 9.72. The van der Waals surface area contributed by atoms with Crippen molar-refractivity contribution in [3.63, 3.8) is 0 Å². The van der Waals surface area contributed by atoms with E-state index in [4.69, 9.17) is 5.73 Å². The maximum absolute atomic E-state index is 9.20. The van der Waals surface area contributed by atoms with Gasteiger partial charge < -0.3 is 16.2 Å². The first-order valence-corrected chi connectivity index (χ1v) is 8.78. The Morgan fingerprint density at radius 3 is 2.24 bits per heavy atom. The molecule has 0 rings (SSSR count). The molecule has 0 spiro atoms. The normalized spacial score (nSPS) is 12.7. The molecule has 0 amide bonds. The van der Waals surface area contributed by atoms with E-state index >= 15 is 0 Å². The molecule has 0 atom stereocenters. The van der Waals surface area contributed by atoms with Crippen molar-refractivity contribution in [1.29, 1.82) is 0 Å². The second-order valence-electron chi connectivity index (χ2n) is 6.08. The van der Waals surface area contributed by atoms with Gasteiger partial charge in [0.1, 0.15) is 0 Å². The molecule has 0 aromatic heterocycles. The fourth-order valence-corrected chi connectivity index (χ4v) is 2.57. The smallest absolute Gasteiger partial charge is 0.188 e. The van der Waals surface area contributed by atoms with Crippen LogP contribution in [0.5, 0.6) is 0 Å². The topological polar surface area (TPSA) is 70.6 Å². The average molecular weight is 300 g/mol. The maximum Gasteiger partial charge on any atom is 0.188 e. The number of aliphatic hydroxyl groups is 1. The number of guanidine groups is 1. The zero-order valence-electron chi connectivity index (χ0n) is 14.5. The van der Waals surface area contributed by atoms with E-state index in [-0.39, 0.29) is 12.0 Å². The summed E-state index contributed by atoms with van der Waals surface area (Å²) in [7, 11) is 0. The van der Waals surface area contributed by atoms with Crippen molar-refractivity contribution in [3.05, 3.63) is 0 Å². The number of rotatable bonds is 13. The van der Waals surface area contributed by atoms with E-state index in [2.05, 4.69) is 31.1 Å². The van der Waals surface area contributed by atoms with E-state index in [9.17, 15) is 5.11 Å². The van der Waals surface area contributed by atoms with Crippen molar-refractivity contribution < 1.29 is 5.11 Å². The summed E-state index contributed by atoms with van der Waals surface area (Å²) < 4.78 is 0. The van der Waals surface area contributed by atoms with Crippen molar-refractivity contribution in [1.82, 2.24) is 5.32 Å². The Morgan fingerprint density at radius 2 is 1.67 bits per heavy atom. The van der Waals surface area contributed by atoms with E-state index in [0.717, 1.165) is 32.2 Å². The molecule has 0 unspecified atom stereocenters. The van der Waals surface area contributed by atoms with Gasteiger partial charge in [-0.2, -0.15) is 0 Å². The number of hydrogen-bond donors (Lipinski definition) is 3. The Morgan fingerprint density at radius 1 is 1.05 bits per heavy atom. The Labute approximate surface area is 131 Å². The number of unbranched alkanes of at least 4 members (excludes halogenated alkanes) is 5. The molecule has 21 heavy (non-hydrogen) atoms. The molecule has 4 nitrogen and oxygen atoms in total. The third-order valence-electron chi connectivity index (χ3n) is 4.56. The first-order valence-electron chi connectivity index (χ1n) is 8.78. The molecule has 0 fully saturated rings. The SMILES string of the molecule is CCCCCCCCNC(N)=NCC(CC)(CC)CCO. The fraction of sp³-hybridized carbons (Fsp3) is 0.941. The number of aliphatic hydroxyl groups excluding tert-OH is 1. The molecule has 0 heterocycles. The van der Waals surface area contributed by atoms with Gasteiger partial charge >= 0.3 is 0 Å². The van der Waals surface area contributed by atoms with Gasteiger partial charge in [0, 0.05) is 19.7 Å². The summed E-state index contributed by atoms with van der Waals surface area (Å²) >= 11 is 0. The highest BCUT2D eigenvalue weighted by Crippen LogP contribution is 2.30. The second-order valence-corrected chi connectivity index (χ2v) is 6.08. The van der Waals surface area contributed by atoms with Crippen LogP contribution in [-0.4, -0.2) is 30.8 Å². The van der Waals surface area contributed by atoms with Gasteiger partial charge in [0.2, 0.25) is 0 Å². The van der Waals surface area contributed by atoms with Crippen LogP contribution in [-0.2, 0) is 0 Å². The van der Waals surface area contributed by atoms with Gasteiger partial charge in [-0.05, 0) is 31.1 Å². The molecular formula is C17H37N3O. The maximum atomic E-state index is 9.20. The Balaban J connectivity index is 3.90. The number of aliphatic imine (C=N–C) groups is 1. The molecule has 0 aliphatic carbocycles. The lowest BCUT2D eigenvalue weighted by Crippen LogP contribution is -2.34. The summed E-state index contributed by atoms with van der Waals surface area (Å²) in [5, 5.41) is 12.4. The van der Waals surface area contributed by atoms with Crippen LogP contribution in [0.3, 0.4) is 0 Å². The van der Waals surface area contributed by atoms with Crippen LogP contribution in [0, 0.1) is 5.41 Å². The molecule has 0 radical (unpaired) electrons. The van der Waals surface area contributed by atoms with Crippen LogP contribution in [0.15, 0.2) is 4.99 Å². The second kappa shape index (κ2) is 12.9. The van der Waals surface area contributed by atoms with Crippen molar-refractivity contribution in [2.45, 2.75) is 78.6 Å². The number of nitrogens with one attached hydrogen (secondary N) is 1. The monoisotopic (exact) mass is 299 g/mol. The molecule has 0 aliphatic rings. The van der Waals surface area contributed by atoms with Crippen molar-refractivity contribution in [2.24, 2.45) is 16.1 Å². The Kier molecular flexibility index (Phi) is 12.5. The van der Waals surface area contributed by atoms with Crippen LogP contribution < -0.4 is 11.1 Å². The van der Waals surface area contributed by atoms with Crippen molar-refractivity contribution >= 4 is 5.96 Å². The third-order valence-corrected chi connectivity index (χ3v) is 4.56. The Bertz CT molecular complexity index is 263. The highest BCUT2D eigenvalue weighted by molar-refractivity contribution is 5.77. The van der Waals surface area contributed by atoms with Gasteiger partial charge in [0.25, 0.3) is 0 Å². The predicted molar refractivity (Wildman–Crippen MR) is 92.6 cm³/mol. The van der Waals surface area contributed by atoms with E-state index in [1.54, 1.807) is 0 Å². The van der Waals surface area contributed by atoms with Gasteiger partial charge in [-0.25, -0.2) is 0 Å². The largest absolute Gasteiger partial charge is 0.396 e. The molecule has 0 aromatic rings. The molecule has 4 N–H and O–H groups in total. The lowest BCUT2D eigenvalue weighted by molar-refractivity contribution is 0.175. The van der Waals surface area contributed by atoms with Gasteiger partial charge in [-0.3, -0.25) is 4.99 Å². The summed E-state index contributed by atoms with van der Waals surface area (Å²) in [4.78, 5) is 4.48. The minimum absolute atomic E-state index is 0.0984. The van der Waals surface area contributed by atoms with Crippen LogP contribution in [0.2, 0.25) is 0 Å². The van der Waals surface area contributed by atoms with Gasteiger partial charge in [-0.15, -0.1) is 0 Å². The van der Waals surface area contributed by atoms with E-state index < -0.39 is 0 Å². The Hall–Kier alpha value is -0.770. The highest BCUT2D eigenvalue weighted by Gasteiger charge is 2.25. The van der Waals surface area contributed by atoms with Gasteiger partial charge in [0.15, 0.2) is 5.96 Å². The molecule has 0 saturated carbocycles. The van der Waals surface area contributed by atoms with E-state index in [1.165, 1.54) is 32.1 Å². The zero-order valence-corrected chi connectivity index (χ0v) is 14.5. The summed E-state index contributed by atoms with van der Waals surface area (Å²) in [5.41, 5.74) is 6.02. The van der Waals surface area contributed by atoms with E-state index in [0.29, 0.717) is 12.5 Å². The van der Waals surface area contributed by atoms with Crippen LogP contribution in [0.4, 0.5) is 0 Å².